The highest BCUT2D eigenvalue weighted by Crippen LogP contribution is 2.05. The molecule has 5 nitrogen and oxygen atoms in total. The Morgan fingerprint density at radius 3 is 2.28 bits per heavy atom. The summed E-state index contributed by atoms with van der Waals surface area (Å²) in [6.45, 7) is 10.3. The van der Waals surface area contributed by atoms with Crippen molar-refractivity contribution in [2.45, 2.75) is 19.7 Å². The third-order valence-electron chi connectivity index (χ3n) is 3.41. The van der Waals surface area contributed by atoms with Gasteiger partial charge in [-0.25, -0.2) is 4.98 Å². The molecule has 0 radical (unpaired) electrons. The van der Waals surface area contributed by atoms with Gasteiger partial charge in [-0.05, 0) is 44.2 Å². The van der Waals surface area contributed by atoms with Gasteiger partial charge in [0.1, 0.15) is 10.8 Å². The third kappa shape index (κ3) is 9.09. The second-order valence-corrected chi connectivity index (χ2v) is 6.17. The topological polar surface area (TPSA) is 66.3 Å². The van der Waals surface area contributed by atoms with Gasteiger partial charge in [-0.1, -0.05) is 19.2 Å². The molecule has 0 amide bonds. The van der Waals surface area contributed by atoms with Gasteiger partial charge in [-0.2, -0.15) is 0 Å². The van der Waals surface area contributed by atoms with E-state index >= 15 is 0 Å². The summed E-state index contributed by atoms with van der Waals surface area (Å²) in [4.78, 5) is 20.5. The summed E-state index contributed by atoms with van der Waals surface area (Å²) in [6.07, 6.45) is 8.18. The summed E-state index contributed by atoms with van der Waals surface area (Å²) in [6, 6.07) is 5.73. The molecule has 0 spiro atoms. The Hall–Kier alpha value is -2.09. The molecule has 1 N–H and O–H groups in total. The predicted molar refractivity (Wildman–Crippen MR) is 106 cm³/mol. The van der Waals surface area contributed by atoms with Crippen LogP contribution in [-0.4, -0.2) is 45.7 Å². The highest BCUT2D eigenvalue weighted by molar-refractivity contribution is 7.10. The Balaban J connectivity index is 0.000000191. The van der Waals surface area contributed by atoms with Crippen LogP contribution in [0.4, 0.5) is 0 Å². The van der Waals surface area contributed by atoms with Crippen LogP contribution >= 0.6 is 11.3 Å². The summed E-state index contributed by atoms with van der Waals surface area (Å²) in [7, 11) is -0.395. The van der Waals surface area contributed by atoms with Gasteiger partial charge in [0.15, 0.2) is 0 Å². The van der Waals surface area contributed by atoms with E-state index < -0.39 is 7.05 Å². The molecule has 0 aliphatic carbocycles. The highest BCUT2D eigenvalue weighted by atomic mass is 32.1. The smallest absolute Gasteiger partial charge is 0.376 e. The molecule has 0 atom stereocenters. The Bertz CT molecular complexity index is 623. The zero-order chi connectivity index (χ0) is 18.5. The van der Waals surface area contributed by atoms with Crippen LogP contribution in [0.25, 0.3) is 12.2 Å². The fraction of sp³-hybridized carbons (Fsp3) is 0.278. The van der Waals surface area contributed by atoms with Crippen molar-refractivity contribution in [2.24, 2.45) is 0 Å². The lowest BCUT2D eigenvalue weighted by atomic mass is 9.83. The number of rotatable bonds is 3. The van der Waals surface area contributed by atoms with Gasteiger partial charge in [-0.15, -0.1) is 11.3 Å². The summed E-state index contributed by atoms with van der Waals surface area (Å²) < 4.78 is 0. The van der Waals surface area contributed by atoms with Gasteiger partial charge in [0, 0.05) is 30.6 Å². The molecule has 1 fully saturated rings. The monoisotopic (exact) mass is 357 g/mol. The zero-order valence-electron chi connectivity index (χ0n) is 14.5. The van der Waals surface area contributed by atoms with E-state index in [1.165, 1.54) is 0 Å². The van der Waals surface area contributed by atoms with E-state index in [1.807, 2.05) is 28.4 Å². The SMILES string of the molecule is C=Cc1ccccn1.C=Cc1nccs1.CB(O)N1CCC(=O)CC1. The first-order valence-corrected chi connectivity index (χ1v) is 8.94. The zero-order valence-corrected chi connectivity index (χ0v) is 15.4. The van der Waals surface area contributed by atoms with Crippen LogP contribution < -0.4 is 0 Å². The Kier molecular flexibility index (Phi) is 10.3. The molecule has 0 unspecified atom stereocenters. The van der Waals surface area contributed by atoms with E-state index in [2.05, 4.69) is 23.1 Å². The summed E-state index contributed by atoms with van der Waals surface area (Å²) >= 11 is 1.59. The number of pyridine rings is 1. The fourth-order valence-corrected chi connectivity index (χ4v) is 2.46. The number of piperidine rings is 1. The van der Waals surface area contributed by atoms with Gasteiger partial charge in [0.2, 0.25) is 0 Å². The van der Waals surface area contributed by atoms with Crippen molar-refractivity contribution in [3.8, 4) is 0 Å². The number of aromatic nitrogens is 2. The predicted octanol–water partition coefficient (Wildman–Crippen LogP) is 3.27. The van der Waals surface area contributed by atoms with Crippen molar-refractivity contribution in [3.05, 3.63) is 59.8 Å². The van der Waals surface area contributed by atoms with Crippen molar-refractivity contribution in [1.29, 1.82) is 0 Å². The van der Waals surface area contributed by atoms with Gasteiger partial charge in [0.05, 0.1) is 5.69 Å². The molecule has 3 heterocycles. The minimum Gasteiger partial charge on any atom is -0.437 e. The Morgan fingerprint density at radius 1 is 1.20 bits per heavy atom. The number of carbonyl (C=O) groups is 1. The molecule has 2 aromatic heterocycles. The van der Waals surface area contributed by atoms with Crippen molar-refractivity contribution >= 4 is 36.3 Å². The number of carbonyl (C=O) groups excluding carboxylic acids is 1. The lowest BCUT2D eigenvalue weighted by Gasteiger charge is -2.26. The standard InChI is InChI=1S/C7H7N.C6H12BNO2.C5H5NS/c1-2-7-5-3-4-6-8-7;1-7(10)8-4-2-6(9)3-5-8;1-2-5-6-3-4-7-5/h2-6H,1H2;10H,2-5H2,1H3;2-4H,1H2. The van der Waals surface area contributed by atoms with E-state index in [9.17, 15) is 4.79 Å². The second kappa shape index (κ2) is 12.3. The number of hydrogen-bond donors (Lipinski definition) is 1. The van der Waals surface area contributed by atoms with Crippen molar-refractivity contribution in [1.82, 2.24) is 14.8 Å². The molecule has 7 heteroatoms. The first kappa shape index (κ1) is 21.0. The summed E-state index contributed by atoms with van der Waals surface area (Å²) in [5, 5.41) is 12.0. The van der Waals surface area contributed by atoms with Gasteiger partial charge in [-0.3, -0.25) is 9.78 Å². The van der Waals surface area contributed by atoms with Crippen LogP contribution in [0.15, 0.2) is 49.1 Å². The van der Waals surface area contributed by atoms with Crippen LogP contribution in [-0.2, 0) is 4.79 Å². The van der Waals surface area contributed by atoms with Crippen LogP contribution in [0, 0.1) is 0 Å². The maximum absolute atomic E-state index is 10.7. The number of thiazole rings is 1. The average molecular weight is 357 g/mol. The van der Waals surface area contributed by atoms with Gasteiger partial charge < -0.3 is 9.83 Å². The van der Waals surface area contributed by atoms with E-state index in [0.717, 1.165) is 23.8 Å². The maximum atomic E-state index is 10.7. The third-order valence-corrected chi connectivity index (χ3v) is 4.18. The molecule has 1 saturated heterocycles. The number of ketones is 1. The summed E-state index contributed by atoms with van der Waals surface area (Å²) in [5.41, 5.74) is 0.924. The second-order valence-electron chi connectivity index (χ2n) is 5.24. The Labute approximate surface area is 153 Å². The molecular formula is C18H24BN3O2S. The summed E-state index contributed by atoms with van der Waals surface area (Å²) in [5.74, 6) is 0.317. The highest BCUT2D eigenvalue weighted by Gasteiger charge is 2.21. The van der Waals surface area contributed by atoms with Crippen LogP contribution in [0.1, 0.15) is 23.5 Å². The molecule has 3 rings (SSSR count). The van der Waals surface area contributed by atoms with E-state index in [4.69, 9.17) is 5.02 Å². The van der Waals surface area contributed by atoms with Crippen molar-refractivity contribution in [2.75, 3.05) is 13.1 Å². The minimum absolute atomic E-state index is 0.317. The van der Waals surface area contributed by atoms with Crippen molar-refractivity contribution in [3.63, 3.8) is 0 Å². The van der Waals surface area contributed by atoms with Crippen LogP contribution in [0.5, 0.6) is 0 Å². The van der Waals surface area contributed by atoms with Gasteiger partial charge in [0.25, 0.3) is 0 Å². The first-order valence-electron chi connectivity index (χ1n) is 8.06. The number of hydrogen-bond acceptors (Lipinski definition) is 6. The lowest BCUT2D eigenvalue weighted by molar-refractivity contribution is -0.120. The molecule has 25 heavy (non-hydrogen) atoms. The molecule has 1 aliphatic rings. The van der Waals surface area contributed by atoms with Crippen molar-refractivity contribution < 1.29 is 9.82 Å². The fourth-order valence-electron chi connectivity index (χ4n) is 1.98. The van der Waals surface area contributed by atoms with E-state index in [-0.39, 0.29) is 0 Å². The molecular weight excluding hydrogens is 333 g/mol. The molecule has 0 saturated carbocycles. The molecule has 132 valence electrons. The van der Waals surface area contributed by atoms with Crippen LogP contribution in [0.3, 0.4) is 0 Å². The van der Waals surface area contributed by atoms with E-state index in [1.54, 1.807) is 42.7 Å². The minimum atomic E-state index is -0.395. The quantitative estimate of drug-likeness (QED) is 0.854. The van der Waals surface area contributed by atoms with Crippen LogP contribution in [0.2, 0.25) is 6.82 Å². The molecule has 0 aromatic carbocycles. The lowest BCUT2D eigenvalue weighted by Crippen LogP contribution is -2.43. The molecule has 1 aliphatic heterocycles. The number of nitrogens with zero attached hydrogens (tertiary/aromatic N) is 3. The normalized spacial score (nSPS) is 13.6. The van der Waals surface area contributed by atoms with E-state index in [0.29, 0.717) is 18.6 Å². The number of Topliss-reactive ketones (excluding diaryl/α,β-unsaturated/α-hetero) is 1. The molecule has 0 bridgehead atoms. The molecule has 2 aromatic rings. The Morgan fingerprint density at radius 2 is 1.92 bits per heavy atom. The van der Waals surface area contributed by atoms with Gasteiger partial charge >= 0.3 is 7.05 Å². The maximum Gasteiger partial charge on any atom is 0.376 e. The first-order chi connectivity index (χ1) is 12.1. The average Bonchev–Trinajstić information content (AvgIpc) is 3.18. The largest absolute Gasteiger partial charge is 0.437 e.